The Morgan fingerprint density at radius 1 is 1.24 bits per heavy atom. The number of rotatable bonds is 3. The Bertz CT molecular complexity index is 1440. The summed E-state index contributed by atoms with van der Waals surface area (Å²) >= 11 is 0. The van der Waals surface area contributed by atoms with Crippen LogP contribution in [-0.4, -0.2) is 47.5 Å². The van der Waals surface area contributed by atoms with Crippen molar-refractivity contribution in [3.8, 4) is 0 Å². The zero-order valence-electron chi connectivity index (χ0n) is 18.5. The molecule has 1 saturated heterocycles. The molecule has 0 bridgehead atoms. The fourth-order valence-electron chi connectivity index (χ4n) is 5.69. The maximum absolute atomic E-state index is 13.7. The minimum Gasteiger partial charge on any atom is -0.385 e. The third-order valence-corrected chi connectivity index (χ3v) is 7.37. The van der Waals surface area contributed by atoms with E-state index in [1.54, 1.807) is 4.57 Å². The first-order valence-electron chi connectivity index (χ1n) is 11.2. The Kier molecular flexibility index (Phi) is 4.57. The van der Waals surface area contributed by atoms with Crippen LogP contribution in [0.4, 0.5) is 16.0 Å². The lowest BCUT2D eigenvalue weighted by molar-refractivity contribution is -0.0675. The molecule has 6 rings (SSSR count). The molecule has 1 aromatic carbocycles. The largest absolute Gasteiger partial charge is 0.385 e. The van der Waals surface area contributed by atoms with Gasteiger partial charge in [0.05, 0.1) is 17.0 Å². The number of nitrogens with zero attached hydrogens (tertiary/aromatic N) is 4. The molecular weight excluding hydrogens is 439 g/mol. The molecule has 1 unspecified atom stereocenters. The van der Waals surface area contributed by atoms with E-state index < -0.39 is 29.9 Å². The van der Waals surface area contributed by atoms with Crippen molar-refractivity contribution in [2.45, 2.75) is 50.2 Å². The summed E-state index contributed by atoms with van der Waals surface area (Å²) in [4.78, 5) is 12.5. The van der Waals surface area contributed by atoms with E-state index in [1.807, 2.05) is 31.3 Å². The molecule has 4 aromatic rings. The second kappa shape index (κ2) is 7.33. The van der Waals surface area contributed by atoms with Gasteiger partial charge in [0.25, 0.3) is 0 Å². The fraction of sp³-hybridized carbons (Fsp3) is 0.375. The Labute approximate surface area is 194 Å². The molecule has 0 radical (unpaired) electrons. The molecule has 4 heterocycles. The van der Waals surface area contributed by atoms with Gasteiger partial charge in [-0.05, 0) is 55.4 Å². The van der Waals surface area contributed by atoms with E-state index in [2.05, 4.69) is 15.0 Å². The highest BCUT2D eigenvalue weighted by Gasteiger charge is 2.61. The highest BCUT2D eigenvalue weighted by molar-refractivity contribution is 5.89. The summed E-state index contributed by atoms with van der Waals surface area (Å²) in [6, 6.07) is 6.99. The van der Waals surface area contributed by atoms with Crippen molar-refractivity contribution in [3.05, 3.63) is 53.7 Å². The van der Waals surface area contributed by atoms with Gasteiger partial charge in [0, 0.05) is 11.6 Å². The van der Waals surface area contributed by atoms with Crippen LogP contribution in [0.25, 0.3) is 21.9 Å². The third-order valence-electron chi connectivity index (χ3n) is 7.37. The molecule has 1 saturated carbocycles. The van der Waals surface area contributed by atoms with Crippen molar-refractivity contribution in [2.75, 3.05) is 11.5 Å². The number of aliphatic hydroxyl groups is 2. The van der Waals surface area contributed by atoms with E-state index in [4.69, 9.17) is 16.2 Å². The molecule has 1 aliphatic carbocycles. The average molecular weight is 465 g/mol. The molecule has 176 valence electrons. The van der Waals surface area contributed by atoms with Crippen LogP contribution in [0.3, 0.4) is 0 Å². The number of ether oxygens (including phenoxy) is 1. The molecule has 34 heavy (non-hydrogen) atoms. The molecule has 1 aliphatic heterocycles. The number of hydrogen-bond donors (Lipinski definition) is 4. The van der Waals surface area contributed by atoms with Gasteiger partial charge in [-0.15, -0.1) is 0 Å². The number of nitrogen functional groups attached to an aromatic ring is 2. The summed E-state index contributed by atoms with van der Waals surface area (Å²) < 4.78 is 21.8. The van der Waals surface area contributed by atoms with Gasteiger partial charge in [0.15, 0.2) is 17.9 Å². The maximum Gasteiger partial charge on any atom is 0.165 e. The lowest BCUT2D eigenvalue weighted by Crippen LogP contribution is -2.45. The summed E-state index contributed by atoms with van der Waals surface area (Å²) in [5.41, 5.74) is 13.3. The van der Waals surface area contributed by atoms with Gasteiger partial charge < -0.3 is 31.0 Å². The van der Waals surface area contributed by atoms with Crippen LogP contribution in [0.2, 0.25) is 0 Å². The highest BCUT2D eigenvalue weighted by atomic mass is 19.1. The first kappa shape index (κ1) is 21.2. The number of halogens is 1. The minimum atomic E-state index is -1.37. The second-order valence-corrected chi connectivity index (χ2v) is 9.45. The normalized spacial score (nSPS) is 28.7. The summed E-state index contributed by atoms with van der Waals surface area (Å²) in [7, 11) is 0. The van der Waals surface area contributed by atoms with E-state index in [-0.39, 0.29) is 11.7 Å². The van der Waals surface area contributed by atoms with Crippen molar-refractivity contribution in [1.82, 2.24) is 19.5 Å². The minimum absolute atomic E-state index is 0.0255. The number of benzene rings is 1. The molecule has 2 fully saturated rings. The van der Waals surface area contributed by atoms with Crippen LogP contribution in [-0.2, 0) is 11.2 Å². The third kappa shape index (κ3) is 2.99. The monoisotopic (exact) mass is 464 g/mol. The van der Waals surface area contributed by atoms with E-state index in [9.17, 15) is 14.6 Å². The van der Waals surface area contributed by atoms with Crippen LogP contribution < -0.4 is 11.5 Å². The van der Waals surface area contributed by atoms with Crippen LogP contribution in [0.1, 0.15) is 30.2 Å². The van der Waals surface area contributed by atoms with Gasteiger partial charge in [0.2, 0.25) is 0 Å². The van der Waals surface area contributed by atoms with Crippen molar-refractivity contribution in [3.63, 3.8) is 0 Å². The number of pyridine rings is 1. The predicted octanol–water partition coefficient (Wildman–Crippen LogP) is 2.23. The van der Waals surface area contributed by atoms with Crippen molar-refractivity contribution in [2.24, 2.45) is 5.92 Å². The number of hydrogen-bond acceptors (Lipinski definition) is 8. The van der Waals surface area contributed by atoms with Gasteiger partial charge in [0.1, 0.15) is 29.5 Å². The SMILES string of the molecule is Cc1cn([C@@H]2O[C@@H]3[C@H](Cc4ccc5cc(F)c(N)nc5c4)CC[C@]3(O)C2O)c2ncnc(N)c12. The second-order valence-electron chi connectivity index (χ2n) is 9.45. The van der Waals surface area contributed by atoms with Crippen LogP contribution in [0.15, 0.2) is 36.8 Å². The van der Waals surface area contributed by atoms with E-state index >= 15 is 0 Å². The van der Waals surface area contributed by atoms with Gasteiger partial charge in [-0.25, -0.2) is 19.3 Å². The number of aromatic nitrogens is 4. The molecule has 10 heteroatoms. The molecule has 0 amide bonds. The lowest BCUT2D eigenvalue weighted by Gasteiger charge is -2.26. The van der Waals surface area contributed by atoms with Crippen LogP contribution >= 0.6 is 0 Å². The quantitative estimate of drug-likeness (QED) is 0.361. The summed E-state index contributed by atoms with van der Waals surface area (Å²) in [5.74, 6) is -0.345. The van der Waals surface area contributed by atoms with Crippen LogP contribution in [0.5, 0.6) is 0 Å². The molecule has 9 nitrogen and oxygen atoms in total. The first-order valence-corrected chi connectivity index (χ1v) is 11.2. The van der Waals surface area contributed by atoms with Gasteiger partial charge in [-0.1, -0.05) is 12.1 Å². The van der Waals surface area contributed by atoms with E-state index in [0.29, 0.717) is 47.0 Å². The summed E-state index contributed by atoms with van der Waals surface area (Å²) in [6.45, 7) is 1.89. The molecule has 3 aromatic heterocycles. The Morgan fingerprint density at radius 3 is 2.88 bits per heavy atom. The maximum atomic E-state index is 13.7. The smallest absolute Gasteiger partial charge is 0.165 e. The Balaban J connectivity index is 1.31. The summed E-state index contributed by atoms with van der Waals surface area (Å²) in [5, 5.41) is 24.0. The first-order chi connectivity index (χ1) is 16.3. The standard InChI is InChI=1S/C24H25FN6O3/c1-11-9-31(22-17(11)21(27)28-10-29-22)23-18(32)24(33)5-4-14(19(24)34-23)6-12-2-3-13-8-15(25)20(26)30-16(13)7-12/h2-3,7-10,14,18-19,23,32-33H,4-6H2,1H3,(H2,26,30)(H2,27,28,29)/t14-,18?,19+,23+,24-/m0/s1. The lowest BCUT2D eigenvalue weighted by atomic mass is 9.90. The Hall–Kier alpha value is -3.34. The fourth-order valence-corrected chi connectivity index (χ4v) is 5.69. The van der Waals surface area contributed by atoms with E-state index in [0.717, 1.165) is 11.1 Å². The summed E-state index contributed by atoms with van der Waals surface area (Å²) in [6.07, 6.45) is 2.43. The molecular formula is C24H25FN6O3. The molecule has 2 aliphatic rings. The number of anilines is 2. The highest BCUT2D eigenvalue weighted by Crippen LogP contribution is 2.51. The van der Waals surface area contributed by atoms with Crippen molar-refractivity contribution >= 4 is 33.6 Å². The van der Waals surface area contributed by atoms with E-state index in [1.165, 1.54) is 12.4 Å². The predicted molar refractivity (Wildman–Crippen MR) is 124 cm³/mol. The number of fused-ring (bicyclic) bond motifs is 3. The number of aliphatic hydroxyl groups excluding tert-OH is 1. The average Bonchev–Trinajstić information content (AvgIpc) is 3.39. The Morgan fingerprint density at radius 2 is 2.06 bits per heavy atom. The van der Waals surface area contributed by atoms with Crippen molar-refractivity contribution in [1.29, 1.82) is 0 Å². The van der Waals surface area contributed by atoms with Gasteiger partial charge in [-0.2, -0.15) is 0 Å². The topological polar surface area (TPSA) is 145 Å². The zero-order valence-corrected chi connectivity index (χ0v) is 18.5. The van der Waals surface area contributed by atoms with Gasteiger partial charge >= 0.3 is 0 Å². The number of nitrogens with two attached hydrogens (primary N) is 2. The van der Waals surface area contributed by atoms with Crippen LogP contribution in [0, 0.1) is 18.7 Å². The number of aryl methyl sites for hydroxylation is 1. The molecule has 0 spiro atoms. The molecule has 6 N–H and O–H groups in total. The van der Waals surface area contributed by atoms with Crippen molar-refractivity contribution < 1.29 is 19.3 Å². The van der Waals surface area contributed by atoms with Gasteiger partial charge in [-0.3, -0.25) is 0 Å². The zero-order chi connectivity index (χ0) is 23.8. The molecule has 5 atom stereocenters.